The molecule has 3 heterocycles. The van der Waals surface area contributed by atoms with Crippen LogP contribution in [0.4, 0.5) is 0 Å². The van der Waals surface area contributed by atoms with E-state index < -0.39 is 0 Å². The Morgan fingerprint density at radius 3 is 2.58 bits per heavy atom. The summed E-state index contributed by atoms with van der Waals surface area (Å²) in [6.45, 7) is 8.40. The van der Waals surface area contributed by atoms with Gasteiger partial charge in [0.05, 0.1) is 19.1 Å². The Morgan fingerprint density at radius 2 is 1.88 bits per heavy atom. The lowest BCUT2D eigenvalue weighted by Gasteiger charge is -2.37. The van der Waals surface area contributed by atoms with E-state index >= 15 is 0 Å². The van der Waals surface area contributed by atoms with Crippen LogP contribution in [0.15, 0.2) is 0 Å². The molecule has 0 bridgehead atoms. The van der Waals surface area contributed by atoms with Crippen molar-refractivity contribution < 1.29 is 14.3 Å². The van der Waals surface area contributed by atoms with Crippen molar-refractivity contribution in [2.24, 2.45) is 17.8 Å². The van der Waals surface area contributed by atoms with Crippen molar-refractivity contribution in [3.05, 3.63) is 0 Å². The lowest BCUT2D eigenvalue weighted by atomic mass is 9.85. The molecule has 0 aromatic heterocycles. The van der Waals surface area contributed by atoms with Crippen molar-refractivity contribution in [1.82, 2.24) is 15.1 Å². The molecule has 3 atom stereocenters. The maximum Gasteiger partial charge on any atom is 0.227 e. The van der Waals surface area contributed by atoms with Crippen molar-refractivity contribution in [2.45, 2.75) is 39.0 Å². The Hall–Kier alpha value is -0.850. The summed E-state index contributed by atoms with van der Waals surface area (Å²) in [5.41, 5.74) is 0. The fourth-order valence-electron chi connectivity index (χ4n) is 4.38. The number of likely N-dealkylation sites (tertiary alicyclic amines) is 1. The minimum Gasteiger partial charge on any atom is -0.378 e. The molecule has 0 aromatic rings. The Kier molecular flexibility index (Phi) is 8.64. The van der Waals surface area contributed by atoms with Gasteiger partial charge in [-0.25, -0.2) is 0 Å². The molecule has 3 aliphatic rings. The average Bonchev–Trinajstić information content (AvgIpc) is 2.68. The van der Waals surface area contributed by atoms with E-state index in [9.17, 15) is 9.59 Å². The highest BCUT2D eigenvalue weighted by atomic mass is 35.5. The van der Waals surface area contributed by atoms with E-state index in [0.717, 1.165) is 32.5 Å². The molecule has 2 amide bonds. The molecule has 6 nitrogen and oxygen atoms in total. The number of hydrogen-bond acceptors (Lipinski definition) is 4. The van der Waals surface area contributed by atoms with Crippen molar-refractivity contribution >= 4 is 24.2 Å². The number of nitrogens with zero attached hydrogens (tertiary/aromatic N) is 2. The van der Waals surface area contributed by atoms with E-state index in [-0.39, 0.29) is 30.1 Å². The van der Waals surface area contributed by atoms with E-state index in [1.54, 1.807) is 0 Å². The van der Waals surface area contributed by atoms with Crippen LogP contribution in [0.25, 0.3) is 0 Å². The summed E-state index contributed by atoms with van der Waals surface area (Å²) in [5, 5.41) is 3.44. The number of carbonyl (C=O) groups excluding carboxylic acids is 2. The van der Waals surface area contributed by atoms with Crippen LogP contribution in [0.5, 0.6) is 0 Å². The molecule has 150 valence electrons. The van der Waals surface area contributed by atoms with Gasteiger partial charge >= 0.3 is 0 Å². The number of ether oxygens (including phenoxy) is 1. The van der Waals surface area contributed by atoms with Gasteiger partial charge < -0.3 is 19.9 Å². The maximum atomic E-state index is 12.8. The zero-order chi connectivity index (χ0) is 17.6. The highest BCUT2D eigenvalue weighted by Crippen LogP contribution is 2.25. The number of halogens is 1. The van der Waals surface area contributed by atoms with Gasteiger partial charge in [-0.05, 0) is 50.6 Å². The quantitative estimate of drug-likeness (QED) is 0.794. The summed E-state index contributed by atoms with van der Waals surface area (Å²) < 4.78 is 5.33. The van der Waals surface area contributed by atoms with Gasteiger partial charge in [-0.1, -0.05) is 6.92 Å². The monoisotopic (exact) mass is 387 g/mol. The third kappa shape index (κ3) is 5.57. The first-order chi connectivity index (χ1) is 12.1. The molecule has 3 unspecified atom stereocenters. The first kappa shape index (κ1) is 21.5. The van der Waals surface area contributed by atoms with Gasteiger partial charge in [0.15, 0.2) is 0 Å². The summed E-state index contributed by atoms with van der Waals surface area (Å²) >= 11 is 0. The number of amides is 2. The zero-order valence-corrected chi connectivity index (χ0v) is 16.8. The van der Waals surface area contributed by atoms with E-state index in [4.69, 9.17) is 4.74 Å². The summed E-state index contributed by atoms with van der Waals surface area (Å²) in [4.78, 5) is 29.3. The summed E-state index contributed by atoms with van der Waals surface area (Å²) in [6, 6.07) is 0. The van der Waals surface area contributed by atoms with E-state index in [0.29, 0.717) is 51.1 Å². The lowest BCUT2D eigenvalue weighted by molar-refractivity contribution is -0.144. The molecule has 7 heteroatoms. The van der Waals surface area contributed by atoms with Gasteiger partial charge in [0, 0.05) is 32.6 Å². The second-order valence-electron chi connectivity index (χ2n) is 7.90. The molecule has 26 heavy (non-hydrogen) atoms. The van der Waals surface area contributed by atoms with Gasteiger partial charge in [0.1, 0.15) is 0 Å². The molecule has 3 saturated heterocycles. The van der Waals surface area contributed by atoms with Crippen molar-refractivity contribution in [2.75, 3.05) is 52.5 Å². The minimum absolute atomic E-state index is 0. The standard InChI is InChI=1S/C19H33N3O3.ClH/c1-15(16-4-2-6-20-13-16)12-18(23)22-7-3-5-17(14-22)19(24)21-8-10-25-11-9-21;/h15-17,20H,2-14H2,1H3;1H. The fourth-order valence-corrected chi connectivity index (χ4v) is 4.38. The smallest absolute Gasteiger partial charge is 0.227 e. The van der Waals surface area contributed by atoms with E-state index in [2.05, 4.69) is 12.2 Å². The summed E-state index contributed by atoms with van der Waals surface area (Å²) in [7, 11) is 0. The molecule has 0 aliphatic carbocycles. The van der Waals surface area contributed by atoms with Crippen LogP contribution in [0.2, 0.25) is 0 Å². The van der Waals surface area contributed by atoms with Crippen molar-refractivity contribution in [3.8, 4) is 0 Å². The molecule has 0 spiro atoms. The molecule has 0 aromatic carbocycles. The summed E-state index contributed by atoms with van der Waals surface area (Å²) in [5.74, 6) is 1.44. The zero-order valence-electron chi connectivity index (χ0n) is 16.0. The van der Waals surface area contributed by atoms with Crippen LogP contribution >= 0.6 is 12.4 Å². The molecule has 3 rings (SSSR count). The number of piperidine rings is 2. The maximum absolute atomic E-state index is 12.8. The predicted octanol–water partition coefficient (Wildman–Crippen LogP) is 1.53. The number of hydrogen-bond donors (Lipinski definition) is 1. The van der Waals surface area contributed by atoms with Crippen molar-refractivity contribution in [3.63, 3.8) is 0 Å². The number of morpholine rings is 1. The predicted molar refractivity (Wildman–Crippen MR) is 103 cm³/mol. The Balaban J connectivity index is 0.00000243. The largest absolute Gasteiger partial charge is 0.378 e. The average molecular weight is 388 g/mol. The van der Waals surface area contributed by atoms with Crippen LogP contribution in [0, 0.1) is 17.8 Å². The molecule has 1 N–H and O–H groups in total. The van der Waals surface area contributed by atoms with Crippen molar-refractivity contribution in [1.29, 1.82) is 0 Å². The van der Waals surface area contributed by atoms with Crippen LogP contribution < -0.4 is 5.32 Å². The van der Waals surface area contributed by atoms with Gasteiger partial charge in [-0.15, -0.1) is 12.4 Å². The van der Waals surface area contributed by atoms with Crippen LogP contribution in [-0.2, 0) is 14.3 Å². The number of rotatable bonds is 4. The third-order valence-electron chi connectivity index (χ3n) is 6.08. The number of nitrogens with one attached hydrogen (secondary N) is 1. The van der Waals surface area contributed by atoms with Gasteiger partial charge in [0.25, 0.3) is 0 Å². The second kappa shape index (κ2) is 10.5. The van der Waals surface area contributed by atoms with Gasteiger partial charge in [0.2, 0.25) is 11.8 Å². The second-order valence-corrected chi connectivity index (χ2v) is 7.90. The Bertz CT molecular complexity index is 465. The summed E-state index contributed by atoms with van der Waals surface area (Å²) in [6.07, 6.45) is 4.89. The molecular formula is C19H34ClN3O3. The highest BCUT2D eigenvalue weighted by molar-refractivity contribution is 5.85. The molecular weight excluding hydrogens is 354 g/mol. The molecule has 0 radical (unpaired) electrons. The van der Waals surface area contributed by atoms with Gasteiger partial charge in [-0.3, -0.25) is 9.59 Å². The van der Waals surface area contributed by atoms with Crippen LogP contribution in [0.1, 0.15) is 39.0 Å². The van der Waals surface area contributed by atoms with Crippen LogP contribution in [-0.4, -0.2) is 74.1 Å². The minimum atomic E-state index is -0.0255. The Labute approximate surface area is 163 Å². The number of carbonyl (C=O) groups is 2. The van der Waals surface area contributed by atoms with Gasteiger partial charge in [-0.2, -0.15) is 0 Å². The molecule has 3 aliphatic heterocycles. The first-order valence-corrected chi connectivity index (χ1v) is 10.00. The lowest BCUT2D eigenvalue weighted by Crippen LogP contribution is -2.49. The van der Waals surface area contributed by atoms with E-state index in [1.807, 2.05) is 9.80 Å². The third-order valence-corrected chi connectivity index (χ3v) is 6.08. The topological polar surface area (TPSA) is 61.9 Å². The highest BCUT2D eigenvalue weighted by Gasteiger charge is 2.32. The SMILES string of the molecule is CC(CC(=O)N1CCCC(C(=O)N2CCOCC2)C1)C1CCCNC1.Cl. The van der Waals surface area contributed by atoms with E-state index in [1.165, 1.54) is 12.8 Å². The fraction of sp³-hybridized carbons (Fsp3) is 0.895. The Morgan fingerprint density at radius 1 is 1.12 bits per heavy atom. The first-order valence-electron chi connectivity index (χ1n) is 10.00. The normalized spacial score (nSPS) is 28.2. The molecule has 0 saturated carbocycles. The van der Waals surface area contributed by atoms with Crippen LogP contribution in [0.3, 0.4) is 0 Å². The molecule has 3 fully saturated rings.